The third-order valence-electron chi connectivity index (χ3n) is 5.78. The van der Waals surface area contributed by atoms with Gasteiger partial charge in [0.15, 0.2) is 5.52 Å². The molecule has 1 fully saturated rings. The molecule has 30 heavy (non-hydrogen) atoms. The van der Waals surface area contributed by atoms with Crippen molar-refractivity contribution < 1.29 is 0 Å². The summed E-state index contributed by atoms with van der Waals surface area (Å²) < 4.78 is 3.50. The molecule has 0 aliphatic heterocycles. The number of rotatable bonds is 3. The molecule has 0 unspecified atom stereocenters. The SMILES string of the molecule is O=c1c2nn(-c3ccc(Cl)cc3)c(-c3ccccc3Cl)c2ncn1C1CCCCC1. The fourth-order valence-electron chi connectivity index (χ4n) is 4.25. The number of nitrogens with zero attached hydrogens (tertiary/aromatic N) is 4. The van der Waals surface area contributed by atoms with Crippen LogP contribution in [0.3, 0.4) is 0 Å². The van der Waals surface area contributed by atoms with E-state index >= 15 is 0 Å². The first-order valence-corrected chi connectivity index (χ1v) is 10.9. The molecule has 2 aromatic carbocycles. The Balaban J connectivity index is 1.78. The molecule has 5 nitrogen and oxygen atoms in total. The van der Waals surface area contributed by atoms with Crippen molar-refractivity contribution in [2.24, 2.45) is 0 Å². The second-order valence-electron chi connectivity index (χ2n) is 7.66. The molecule has 0 radical (unpaired) electrons. The predicted octanol–water partition coefficient (Wildman–Crippen LogP) is 6.06. The number of hydrogen-bond acceptors (Lipinski definition) is 3. The van der Waals surface area contributed by atoms with E-state index in [-0.39, 0.29) is 11.6 Å². The van der Waals surface area contributed by atoms with Gasteiger partial charge in [-0.05, 0) is 43.2 Å². The standard InChI is InChI=1S/C23H20Cl2N4O/c24-15-10-12-17(13-11-15)29-22(18-8-4-5-9-19(18)25)20-21(27-29)23(30)28(14-26-20)16-6-2-1-3-7-16/h4-5,8-14,16H,1-3,6-7H2. The highest BCUT2D eigenvalue weighted by Crippen LogP contribution is 2.34. The number of hydrogen-bond donors (Lipinski definition) is 0. The first kappa shape index (κ1) is 19.3. The van der Waals surface area contributed by atoms with Gasteiger partial charge in [-0.1, -0.05) is 60.7 Å². The van der Waals surface area contributed by atoms with Crippen LogP contribution in [0.1, 0.15) is 38.1 Å². The predicted molar refractivity (Wildman–Crippen MR) is 121 cm³/mol. The van der Waals surface area contributed by atoms with Gasteiger partial charge in [-0.15, -0.1) is 0 Å². The second kappa shape index (κ2) is 7.89. The first-order valence-electron chi connectivity index (χ1n) is 10.1. The molecule has 152 valence electrons. The maximum Gasteiger partial charge on any atom is 0.282 e. The summed E-state index contributed by atoms with van der Waals surface area (Å²) >= 11 is 12.6. The molecule has 0 spiro atoms. The van der Waals surface area contributed by atoms with Gasteiger partial charge < -0.3 is 0 Å². The molecule has 4 aromatic rings. The van der Waals surface area contributed by atoms with Crippen LogP contribution in [-0.4, -0.2) is 19.3 Å². The minimum Gasteiger partial charge on any atom is -0.294 e. The average Bonchev–Trinajstić information content (AvgIpc) is 3.16. The Morgan fingerprint density at radius 1 is 0.900 bits per heavy atom. The lowest BCUT2D eigenvalue weighted by Gasteiger charge is -2.23. The van der Waals surface area contributed by atoms with Crippen LogP contribution in [0.15, 0.2) is 59.7 Å². The molecule has 0 atom stereocenters. The van der Waals surface area contributed by atoms with E-state index < -0.39 is 0 Å². The zero-order chi connectivity index (χ0) is 20.7. The van der Waals surface area contributed by atoms with Crippen molar-refractivity contribution in [3.63, 3.8) is 0 Å². The van der Waals surface area contributed by atoms with Gasteiger partial charge in [0.25, 0.3) is 5.56 Å². The molecular formula is C23H20Cl2N4O. The highest BCUT2D eigenvalue weighted by atomic mass is 35.5. The fraction of sp³-hybridized carbons (Fsp3) is 0.261. The Kier molecular flexibility index (Phi) is 5.09. The van der Waals surface area contributed by atoms with Gasteiger partial charge in [-0.2, -0.15) is 5.10 Å². The molecule has 0 saturated heterocycles. The van der Waals surface area contributed by atoms with E-state index in [4.69, 9.17) is 33.3 Å². The van der Waals surface area contributed by atoms with Crippen molar-refractivity contribution in [3.8, 4) is 16.9 Å². The largest absolute Gasteiger partial charge is 0.294 e. The smallest absolute Gasteiger partial charge is 0.282 e. The summed E-state index contributed by atoms with van der Waals surface area (Å²) in [5.41, 5.74) is 3.07. The van der Waals surface area contributed by atoms with E-state index in [0.29, 0.717) is 26.8 Å². The van der Waals surface area contributed by atoms with Crippen molar-refractivity contribution in [2.75, 3.05) is 0 Å². The van der Waals surface area contributed by atoms with Crippen LogP contribution in [0.25, 0.3) is 28.0 Å². The van der Waals surface area contributed by atoms with Crippen LogP contribution in [0.2, 0.25) is 10.0 Å². The molecule has 1 aliphatic rings. The van der Waals surface area contributed by atoms with Crippen LogP contribution in [-0.2, 0) is 0 Å². The Morgan fingerprint density at radius 3 is 2.37 bits per heavy atom. The summed E-state index contributed by atoms with van der Waals surface area (Å²) in [6.45, 7) is 0. The van der Waals surface area contributed by atoms with E-state index in [9.17, 15) is 4.79 Å². The molecular weight excluding hydrogens is 419 g/mol. The Labute approximate surface area is 183 Å². The third kappa shape index (κ3) is 3.32. The third-order valence-corrected chi connectivity index (χ3v) is 6.36. The van der Waals surface area contributed by atoms with E-state index in [0.717, 1.165) is 36.9 Å². The molecule has 1 aliphatic carbocycles. The Bertz CT molecular complexity index is 1270. The zero-order valence-corrected chi connectivity index (χ0v) is 17.8. The number of aromatic nitrogens is 4. The molecule has 7 heteroatoms. The van der Waals surface area contributed by atoms with E-state index in [1.54, 1.807) is 27.7 Å². The minimum absolute atomic E-state index is 0.104. The van der Waals surface area contributed by atoms with Crippen molar-refractivity contribution in [1.82, 2.24) is 19.3 Å². The van der Waals surface area contributed by atoms with Gasteiger partial charge in [-0.25, -0.2) is 9.67 Å². The van der Waals surface area contributed by atoms with Gasteiger partial charge in [-0.3, -0.25) is 9.36 Å². The monoisotopic (exact) mass is 438 g/mol. The maximum atomic E-state index is 13.4. The van der Waals surface area contributed by atoms with E-state index in [1.807, 2.05) is 36.4 Å². The molecule has 0 amide bonds. The summed E-state index contributed by atoms with van der Waals surface area (Å²) in [5, 5.41) is 5.91. The summed E-state index contributed by atoms with van der Waals surface area (Å²) in [4.78, 5) is 18.1. The Hall–Kier alpha value is -2.63. The van der Waals surface area contributed by atoms with Gasteiger partial charge in [0, 0.05) is 16.6 Å². The topological polar surface area (TPSA) is 52.7 Å². The Morgan fingerprint density at radius 2 is 1.63 bits per heavy atom. The molecule has 1 saturated carbocycles. The van der Waals surface area contributed by atoms with Crippen molar-refractivity contribution >= 4 is 34.2 Å². The second-order valence-corrected chi connectivity index (χ2v) is 8.51. The summed E-state index contributed by atoms with van der Waals surface area (Å²) in [6.07, 6.45) is 7.18. The van der Waals surface area contributed by atoms with Crippen LogP contribution in [0.5, 0.6) is 0 Å². The normalized spacial score (nSPS) is 15.0. The lowest BCUT2D eigenvalue weighted by molar-refractivity contribution is 0.345. The number of fused-ring (bicyclic) bond motifs is 1. The van der Waals surface area contributed by atoms with Gasteiger partial charge in [0.2, 0.25) is 0 Å². The average molecular weight is 439 g/mol. The van der Waals surface area contributed by atoms with Crippen LogP contribution >= 0.6 is 23.2 Å². The summed E-state index contributed by atoms with van der Waals surface area (Å²) in [7, 11) is 0. The summed E-state index contributed by atoms with van der Waals surface area (Å²) in [5.74, 6) is 0. The molecule has 2 aromatic heterocycles. The maximum absolute atomic E-state index is 13.4. The van der Waals surface area contributed by atoms with Crippen LogP contribution in [0, 0.1) is 0 Å². The number of benzene rings is 2. The molecule has 0 bridgehead atoms. The quantitative estimate of drug-likeness (QED) is 0.390. The van der Waals surface area contributed by atoms with Crippen LogP contribution < -0.4 is 5.56 Å². The lowest BCUT2D eigenvalue weighted by atomic mass is 9.95. The fourth-order valence-corrected chi connectivity index (χ4v) is 4.61. The zero-order valence-electron chi connectivity index (χ0n) is 16.3. The van der Waals surface area contributed by atoms with Gasteiger partial charge >= 0.3 is 0 Å². The minimum atomic E-state index is -0.104. The van der Waals surface area contributed by atoms with Gasteiger partial charge in [0.05, 0.1) is 17.0 Å². The first-order chi connectivity index (χ1) is 14.6. The van der Waals surface area contributed by atoms with E-state index in [2.05, 4.69) is 0 Å². The summed E-state index contributed by atoms with van der Waals surface area (Å²) in [6, 6.07) is 15.1. The highest BCUT2D eigenvalue weighted by molar-refractivity contribution is 6.33. The molecule has 2 heterocycles. The van der Waals surface area contributed by atoms with E-state index in [1.165, 1.54) is 6.42 Å². The van der Waals surface area contributed by atoms with Crippen molar-refractivity contribution in [3.05, 3.63) is 75.3 Å². The molecule has 5 rings (SSSR count). The lowest BCUT2D eigenvalue weighted by Crippen LogP contribution is -2.26. The van der Waals surface area contributed by atoms with Crippen molar-refractivity contribution in [2.45, 2.75) is 38.1 Å². The van der Waals surface area contributed by atoms with Gasteiger partial charge in [0.1, 0.15) is 11.2 Å². The number of halogens is 2. The van der Waals surface area contributed by atoms with Crippen molar-refractivity contribution in [1.29, 1.82) is 0 Å². The van der Waals surface area contributed by atoms with Crippen LogP contribution in [0.4, 0.5) is 0 Å². The highest BCUT2D eigenvalue weighted by Gasteiger charge is 2.23. The molecule has 0 N–H and O–H groups in total.